The van der Waals surface area contributed by atoms with E-state index < -0.39 is 0 Å². The molecule has 0 aliphatic carbocycles. The lowest BCUT2D eigenvalue weighted by Crippen LogP contribution is -2.39. The van der Waals surface area contributed by atoms with Crippen molar-refractivity contribution in [3.05, 3.63) is 60.1 Å². The van der Waals surface area contributed by atoms with E-state index in [1.807, 2.05) is 29.6 Å². The molecule has 4 rings (SSSR count). The summed E-state index contributed by atoms with van der Waals surface area (Å²) in [6.45, 7) is 1.45. The van der Waals surface area contributed by atoms with Gasteiger partial charge in [-0.25, -0.2) is 4.39 Å². The Morgan fingerprint density at radius 2 is 1.89 bits per heavy atom. The van der Waals surface area contributed by atoms with Crippen LogP contribution in [0.5, 0.6) is 0 Å². The summed E-state index contributed by atoms with van der Waals surface area (Å²) in [4.78, 5) is 14.9. The molecule has 0 bridgehead atoms. The lowest BCUT2D eigenvalue weighted by atomic mass is 9.93. The fraction of sp³-hybridized carbons (Fsp3) is 0.381. The zero-order chi connectivity index (χ0) is 19.7. The molecular formula is C21H24FN5O. The molecule has 1 aromatic carbocycles. The third-order valence-corrected chi connectivity index (χ3v) is 5.67. The smallest absolute Gasteiger partial charge is 0.270 e. The van der Waals surface area contributed by atoms with Gasteiger partial charge >= 0.3 is 0 Å². The highest BCUT2D eigenvalue weighted by Crippen LogP contribution is 2.26. The summed E-state index contributed by atoms with van der Waals surface area (Å²) < 4.78 is 17.9. The van der Waals surface area contributed by atoms with Gasteiger partial charge in [0.05, 0.1) is 5.69 Å². The van der Waals surface area contributed by atoms with E-state index in [1.54, 1.807) is 35.2 Å². The highest BCUT2D eigenvalue weighted by molar-refractivity contribution is 5.94. The first-order valence-electron chi connectivity index (χ1n) is 9.57. The van der Waals surface area contributed by atoms with E-state index in [4.69, 9.17) is 0 Å². The van der Waals surface area contributed by atoms with E-state index in [-0.39, 0.29) is 11.7 Å². The van der Waals surface area contributed by atoms with Gasteiger partial charge < -0.3 is 14.0 Å². The third-order valence-electron chi connectivity index (χ3n) is 5.67. The van der Waals surface area contributed by atoms with Crippen LogP contribution in [0.3, 0.4) is 0 Å². The summed E-state index contributed by atoms with van der Waals surface area (Å²) in [7, 11) is 3.77. The van der Waals surface area contributed by atoms with Gasteiger partial charge in [-0.15, -0.1) is 10.2 Å². The zero-order valence-corrected chi connectivity index (χ0v) is 16.2. The van der Waals surface area contributed by atoms with Crippen molar-refractivity contribution in [2.24, 2.45) is 20.0 Å². The number of halogens is 1. The average Bonchev–Trinajstić information content (AvgIpc) is 3.28. The van der Waals surface area contributed by atoms with Gasteiger partial charge in [0.2, 0.25) is 0 Å². The first-order valence-corrected chi connectivity index (χ1v) is 9.57. The van der Waals surface area contributed by atoms with Crippen LogP contribution >= 0.6 is 0 Å². The number of nitrogens with zero attached hydrogens (tertiary/aromatic N) is 5. The highest BCUT2D eigenvalue weighted by Gasteiger charge is 2.26. The Bertz CT molecular complexity index is 984. The second-order valence-corrected chi connectivity index (χ2v) is 7.44. The van der Waals surface area contributed by atoms with Crippen molar-refractivity contribution in [1.82, 2.24) is 24.2 Å². The fourth-order valence-corrected chi connectivity index (χ4v) is 3.92. The van der Waals surface area contributed by atoms with Crippen molar-refractivity contribution in [2.45, 2.75) is 19.3 Å². The predicted octanol–water partition coefficient (Wildman–Crippen LogP) is 3.05. The number of aryl methyl sites for hydroxylation is 1. The number of hydrogen-bond donors (Lipinski definition) is 0. The van der Waals surface area contributed by atoms with Crippen LogP contribution in [0.4, 0.5) is 4.39 Å². The van der Waals surface area contributed by atoms with E-state index in [0.29, 0.717) is 22.9 Å². The normalized spacial score (nSPS) is 15.2. The van der Waals surface area contributed by atoms with Gasteiger partial charge in [0.15, 0.2) is 0 Å². The Hall–Kier alpha value is -2.96. The van der Waals surface area contributed by atoms with Crippen LogP contribution in [-0.2, 0) is 20.5 Å². The minimum atomic E-state index is -0.285. The second kappa shape index (κ2) is 7.58. The first kappa shape index (κ1) is 18.4. The predicted molar refractivity (Wildman–Crippen MR) is 104 cm³/mol. The molecule has 7 heteroatoms. The molecule has 0 unspecified atom stereocenters. The zero-order valence-electron chi connectivity index (χ0n) is 16.2. The SMILES string of the molecule is Cn1cnnc1CC1CCN(C(=O)c2ccc(-c3ccccc3F)n2C)CC1. The maximum absolute atomic E-state index is 14.1. The minimum Gasteiger partial charge on any atom is -0.340 e. The Labute approximate surface area is 163 Å². The van der Waals surface area contributed by atoms with E-state index in [9.17, 15) is 9.18 Å². The first-order chi connectivity index (χ1) is 13.5. The fourth-order valence-electron chi connectivity index (χ4n) is 3.92. The molecule has 28 heavy (non-hydrogen) atoms. The van der Waals surface area contributed by atoms with Gasteiger partial charge in [-0.2, -0.15) is 0 Å². The van der Waals surface area contributed by atoms with Crippen molar-refractivity contribution in [3.8, 4) is 11.3 Å². The van der Waals surface area contributed by atoms with Gasteiger partial charge in [-0.3, -0.25) is 4.79 Å². The lowest BCUT2D eigenvalue weighted by Gasteiger charge is -2.32. The van der Waals surface area contributed by atoms with Gasteiger partial charge in [-0.05, 0) is 43.0 Å². The maximum Gasteiger partial charge on any atom is 0.270 e. The molecule has 0 spiro atoms. The Balaban J connectivity index is 1.43. The number of rotatable bonds is 4. The molecule has 1 amide bonds. The van der Waals surface area contributed by atoms with E-state index in [0.717, 1.165) is 38.2 Å². The Morgan fingerprint density at radius 3 is 2.57 bits per heavy atom. The largest absolute Gasteiger partial charge is 0.340 e. The molecule has 3 heterocycles. The van der Waals surface area contributed by atoms with Gasteiger partial charge in [0.25, 0.3) is 5.91 Å². The number of aromatic nitrogens is 4. The van der Waals surface area contributed by atoms with Crippen LogP contribution < -0.4 is 0 Å². The van der Waals surface area contributed by atoms with Crippen LogP contribution in [-0.4, -0.2) is 43.2 Å². The summed E-state index contributed by atoms with van der Waals surface area (Å²) in [5, 5.41) is 8.09. The molecule has 2 aromatic heterocycles. The summed E-state index contributed by atoms with van der Waals surface area (Å²) in [5.41, 5.74) is 1.80. The molecule has 0 radical (unpaired) electrons. The second-order valence-electron chi connectivity index (χ2n) is 7.44. The Kier molecular flexibility index (Phi) is 4.98. The molecule has 1 fully saturated rings. The number of hydrogen-bond acceptors (Lipinski definition) is 3. The number of piperidine rings is 1. The minimum absolute atomic E-state index is 0.00203. The topological polar surface area (TPSA) is 56.0 Å². The van der Waals surface area contributed by atoms with Crippen LogP contribution in [0.15, 0.2) is 42.7 Å². The van der Waals surface area contributed by atoms with E-state index in [1.165, 1.54) is 6.07 Å². The van der Waals surface area contributed by atoms with Crippen molar-refractivity contribution in [1.29, 1.82) is 0 Å². The van der Waals surface area contributed by atoms with E-state index >= 15 is 0 Å². The number of benzene rings is 1. The summed E-state index contributed by atoms with van der Waals surface area (Å²) >= 11 is 0. The van der Waals surface area contributed by atoms with E-state index in [2.05, 4.69) is 10.2 Å². The number of carbonyl (C=O) groups excluding carboxylic acids is 1. The van der Waals surface area contributed by atoms with Crippen LogP contribution in [0.1, 0.15) is 29.2 Å². The van der Waals surface area contributed by atoms with Crippen LogP contribution in [0.2, 0.25) is 0 Å². The molecule has 0 atom stereocenters. The van der Waals surface area contributed by atoms with Crippen molar-refractivity contribution in [3.63, 3.8) is 0 Å². The molecule has 3 aromatic rings. The summed E-state index contributed by atoms with van der Waals surface area (Å²) in [6, 6.07) is 10.2. The third kappa shape index (κ3) is 3.44. The van der Waals surface area contributed by atoms with Gasteiger partial charge in [0, 0.05) is 39.2 Å². The highest BCUT2D eigenvalue weighted by atomic mass is 19.1. The molecule has 0 saturated carbocycles. The van der Waals surface area contributed by atoms with Gasteiger partial charge in [0.1, 0.15) is 23.7 Å². The van der Waals surface area contributed by atoms with Crippen molar-refractivity contribution in [2.75, 3.05) is 13.1 Å². The van der Waals surface area contributed by atoms with Crippen molar-refractivity contribution >= 4 is 5.91 Å². The number of likely N-dealkylation sites (tertiary alicyclic amines) is 1. The molecule has 146 valence electrons. The number of carbonyl (C=O) groups is 1. The standard InChI is InChI=1S/C21H24FN5O/c1-25-14-23-24-20(25)13-15-9-11-27(12-10-15)21(28)19-8-7-18(26(19)2)16-5-3-4-6-17(16)22/h3-8,14-15H,9-13H2,1-2H3. The number of amides is 1. The molecule has 6 nitrogen and oxygen atoms in total. The van der Waals surface area contributed by atoms with Crippen LogP contribution in [0, 0.1) is 11.7 Å². The lowest BCUT2D eigenvalue weighted by molar-refractivity contribution is 0.0680. The quantitative estimate of drug-likeness (QED) is 0.698. The molecular weight excluding hydrogens is 357 g/mol. The molecule has 1 aliphatic heterocycles. The summed E-state index contributed by atoms with van der Waals surface area (Å²) in [5.74, 6) is 1.21. The van der Waals surface area contributed by atoms with Crippen molar-refractivity contribution < 1.29 is 9.18 Å². The average molecular weight is 381 g/mol. The Morgan fingerprint density at radius 1 is 1.14 bits per heavy atom. The molecule has 0 N–H and O–H groups in total. The molecule has 1 saturated heterocycles. The monoisotopic (exact) mass is 381 g/mol. The van der Waals surface area contributed by atoms with Crippen LogP contribution in [0.25, 0.3) is 11.3 Å². The molecule has 1 aliphatic rings. The maximum atomic E-state index is 14.1. The van der Waals surface area contributed by atoms with Gasteiger partial charge in [-0.1, -0.05) is 12.1 Å². The summed E-state index contributed by atoms with van der Waals surface area (Å²) in [6.07, 6.45) is 4.50.